The van der Waals surface area contributed by atoms with Crippen LogP contribution in [0.1, 0.15) is 75.7 Å². The number of thiazole rings is 1. The summed E-state index contributed by atoms with van der Waals surface area (Å²) in [6.07, 6.45) is 9.59. The van der Waals surface area contributed by atoms with Gasteiger partial charge in [-0.1, -0.05) is 68.9 Å². The summed E-state index contributed by atoms with van der Waals surface area (Å²) < 4.78 is 8.71. The molecule has 6 heteroatoms. The van der Waals surface area contributed by atoms with Crippen LogP contribution < -0.4 is 0 Å². The van der Waals surface area contributed by atoms with E-state index in [0.29, 0.717) is 0 Å². The Morgan fingerprint density at radius 3 is 1.33 bits per heavy atom. The molecule has 4 rings (SSSR count). The first-order valence-electron chi connectivity index (χ1n) is 10.6. The van der Waals surface area contributed by atoms with Gasteiger partial charge in [-0.2, -0.15) is 0 Å². The van der Waals surface area contributed by atoms with Crippen LogP contribution in [0.3, 0.4) is 0 Å². The number of ether oxygens (including phenoxy) is 1. The van der Waals surface area contributed by atoms with Gasteiger partial charge in [-0.05, 0) is 42.6 Å². The smallest absolute Gasteiger partial charge is 0.0791 e. The molecule has 30 heavy (non-hydrogen) atoms. The number of hydrogen-bond donors (Lipinski definition) is 0. The van der Waals surface area contributed by atoms with Crippen LogP contribution in [0, 0.1) is 0 Å². The predicted octanol–water partition coefficient (Wildman–Crippen LogP) is 8.91. The second kappa shape index (κ2) is 50.7. The van der Waals surface area contributed by atoms with E-state index in [9.17, 15) is 0 Å². The number of nitrogens with zero attached hydrogens (tertiary/aromatic N) is 3. The van der Waals surface area contributed by atoms with Crippen molar-refractivity contribution in [1.29, 1.82) is 0 Å². The summed E-state index contributed by atoms with van der Waals surface area (Å²) in [4.78, 5) is 7.53. The van der Waals surface area contributed by atoms with Crippen LogP contribution in [0.5, 0.6) is 0 Å². The van der Waals surface area contributed by atoms with Gasteiger partial charge in [-0.15, -0.1) is 11.3 Å². The molecule has 0 bridgehead atoms. The molecular weight excluding hydrogens is 410 g/mol. The maximum absolute atomic E-state index is 4.94. The molecule has 0 aromatic carbocycles. The molecule has 3 aromatic rings. The lowest BCUT2D eigenvalue weighted by molar-refractivity contribution is 0.198. The Bertz CT molecular complexity index is 379. The Hall–Kier alpha value is -1.63. The number of pyridine rings is 1. The monoisotopic (exact) mass is 457 g/mol. The minimum atomic E-state index is 0. The minimum absolute atomic E-state index is 0. The van der Waals surface area contributed by atoms with E-state index in [1.807, 2.05) is 90.4 Å². The maximum Gasteiger partial charge on any atom is 0.0791 e. The SMILES string of the molecule is C.C1CCOC1.CC.CC.CC.CC.c1ccncc1.c1cnsc1.c1cscn1. The average Bonchev–Trinajstić information content (AvgIpc) is 3.67. The Balaban J connectivity index is -0.0000000827. The van der Waals surface area contributed by atoms with Crippen molar-refractivity contribution in [2.45, 2.75) is 75.7 Å². The van der Waals surface area contributed by atoms with Crippen molar-refractivity contribution < 1.29 is 4.74 Å². The van der Waals surface area contributed by atoms with Gasteiger partial charge < -0.3 is 4.74 Å². The van der Waals surface area contributed by atoms with Crippen molar-refractivity contribution in [2.75, 3.05) is 13.2 Å². The third-order valence-electron chi connectivity index (χ3n) is 2.09. The molecule has 176 valence electrons. The van der Waals surface area contributed by atoms with Crippen molar-refractivity contribution >= 4 is 22.9 Å². The van der Waals surface area contributed by atoms with Crippen molar-refractivity contribution in [2.24, 2.45) is 0 Å². The van der Waals surface area contributed by atoms with Crippen LogP contribution >= 0.6 is 22.9 Å². The Labute approximate surface area is 196 Å². The summed E-state index contributed by atoms with van der Waals surface area (Å²) in [6, 6.07) is 7.62. The molecule has 0 unspecified atom stereocenters. The van der Waals surface area contributed by atoms with Gasteiger partial charge in [0.05, 0.1) is 5.51 Å². The summed E-state index contributed by atoms with van der Waals surface area (Å²) in [5.41, 5.74) is 1.79. The van der Waals surface area contributed by atoms with E-state index in [1.54, 1.807) is 41.6 Å². The molecule has 0 atom stereocenters. The first-order chi connectivity index (χ1) is 14.5. The molecule has 0 aliphatic carbocycles. The Kier molecular flexibility index (Phi) is 65.8. The van der Waals surface area contributed by atoms with Crippen molar-refractivity contribution in [1.82, 2.24) is 14.3 Å². The van der Waals surface area contributed by atoms with Gasteiger partial charge >= 0.3 is 0 Å². The van der Waals surface area contributed by atoms with Crippen LogP contribution in [0.15, 0.2) is 65.3 Å². The predicted molar refractivity (Wildman–Crippen MR) is 141 cm³/mol. The highest BCUT2D eigenvalue weighted by atomic mass is 32.1. The summed E-state index contributed by atoms with van der Waals surface area (Å²) in [5, 5.41) is 3.86. The molecule has 0 amide bonds. The first kappa shape index (κ1) is 38.9. The van der Waals surface area contributed by atoms with E-state index in [1.165, 1.54) is 24.4 Å². The number of aromatic nitrogens is 3. The molecule has 0 radical (unpaired) electrons. The Morgan fingerprint density at radius 2 is 1.20 bits per heavy atom. The highest BCUT2D eigenvalue weighted by Gasteiger charge is 1.94. The van der Waals surface area contributed by atoms with E-state index in [4.69, 9.17) is 4.74 Å². The lowest BCUT2D eigenvalue weighted by atomic mass is 10.4. The molecule has 4 heterocycles. The highest BCUT2D eigenvalue weighted by molar-refractivity contribution is 7.07. The molecule has 1 aliphatic heterocycles. The van der Waals surface area contributed by atoms with Crippen molar-refractivity contribution in [3.8, 4) is 0 Å². The van der Waals surface area contributed by atoms with Crippen molar-refractivity contribution in [3.05, 3.63) is 65.3 Å². The molecular formula is C24H47N3OS2. The average molecular weight is 458 g/mol. The van der Waals surface area contributed by atoms with E-state index < -0.39 is 0 Å². The van der Waals surface area contributed by atoms with Gasteiger partial charge in [0.25, 0.3) is 0 Å². The molecule has 1 aliphatic rings. The quantitative estimate of drug-likeness (QED) is 0.338. The lowest BCUT2D eigenvalue weighted by Crippen LogP contribution is -1.74. The highest BCUT2D eigenvalue weighted by Crippen LogP contribution is 1.98. The van der Waals surface area contributed by atoms with Crippen molar-refractivity contribution in [3.63, 3.8) is 0 Å². The third kappa shape index (κ3) is 45.2. The second-order valence-electron chi connectivity index (χ2n) is 3.71. The molecule has 0 N–H and O–H groups in total. The second-order valence-corrected chi connectivity index (χ2v) is 5.16. The standard InChI is InChI=1S/C5H5N.C4H8O.2C3H3NS.4C2H6.CH4/c1-2-4-6-5-3-1;1-2-4-5-3-1;1-2-5-3-4-1;1-2-4-5-3-1;4*1-2;/h1-5H;1-4H2;2*1-3H;4*1-2H3;1H4. The number of rotatable bonds is 0. The topological polar surface area (TPSA) is 47.9 Å². The third-order valence-corrected chi connectivity index (χ3v) is 3.13. The van der Waals surface area contributed by atoms with Crippen LogP contribution in [0.4, 0.5) is 0 Å². The van der Waals surface area contributed by atoms with Crippen LogP contribution in [-0.2, 0) is 4.74 Å². The Morgan fingerprint density at radius 1 is 0.633 bits per heavy atom. The fourth-order valence-corrected chi connectivity index (χ4v) is 1.88. The van der Waals surface area contributed by atoms with Gasteiger partial charge in [0, 0.05) is 48.8 Å². The normalized spacial score (nSPS) is 9.07. The van der Waals surface area contributed by atoms with Gasteiger partial charge in [0.2, 0.25) is 0 Å². The zero-order chi connectivity index (χ0) is 22.8. The van der Waals surface area contributed by atoms with E-state index in [0.717, 1.165) is 13.2 Å². The molecule has 4 nitrogen and oxygen atoms in total. The maximum atomic E-state index is 4.94. The summed E-state index contributed by atoms with van der Waals surface area (Å²) in [7, 11) is 0. The zero-order valence-corrected chi connectivity index (χ0v) is 21.4. The molecule has 3 aromatic heterocycles. The van der Waals surface area contributed by atoms with Gasteiger partial charge in [-0.25, -0.2) is 4.37 Å². The van der Waals surface area contributed by atoms with E-state index in [2.05, 4.69) is 14.3 Å². The molecule has 1 fully saturated rings. The molecule has 0 saturated carbocycles. The van der Waals surface area contributed by atoms with Gasteiger partial charge in [-0.3, -0.25) is 9.97 Å². The molecule has 1 saturated heterocycles. The van der Waals surface area contributed by atoms with Gasteiger partial charge in [0.15, 0.2) is 0 Å². The van der Waals surface area contributed by atoms with E-state index in [-0.39, 0.29) is 7.43 Å². The van der Waals surface area contributed by atoms with Crippen LogP contribution in [-0.4, -0.2) is 27.6 Å². The number of hydrogen-bond acceptors (Lipinski definition) is 6. The van der Waals surface area contributed by atoms with Crippen LogP contribution in [0.25, 0.3) is 0 Å². The fraction of sp³-hybridized carbons (Fsp3) is 0.542. The van der Waals surface area contributed by atoms with Gasteiger partial charge in [0.1, 0.15) is 0 Å². The lowest BCUT2D eigenvalue weighted by Gasteiger charge is -1.76. The minimum Gasteiger partial charge on any atom is -0.381 e. The summed E-state index contributed by atoms with van der Waals surface area (Å²) in [6.45, 7) is 18.0. The summed E-state index contributed by atoms with van der Waals surface area (Å²) >= 11 is 3.06. The summed E-state index contributed by atoms with van der Waals surface area (Å²) in [5.74, 6) is 0. The first-order valence-corrected chi connectivity index (χ1v) is 12.4. The van der Waals surface area contributed by atoms with E-state index >= 15 is 0 Å². The molecule has 0 spiro atoms. The zero-order valence-electron chi connectivity index (χ0n) is 19.7. The largest absolute Gasteiger partial charge is 0.381 e. The fourth-order valence-electron chi connectivity index (χ4n) is 1.17. The van der Waals surface area contributed by atoms with Crippen LogP contribution in [0.2, 0.25) is 0 Å².